The Morgan fingerprint density at radius 1 is 1.67 bits per heavy atom. The molecule has 9 heavy (non-hydrogen) atoms. The van der Waals surface area contributed by atoms with Crippen LogP contribution in [-0.4, -0.2) is 29.9 Å². The van der Waals surface area contributed by atoms with E-state index in [4.69, 9.17) is 0 Å². The van der Waals surface area contributed by atoms with Gasteiger partial charge in [-0.2, -0.15) is 0 Å². The topological polar surface area (TPSA) is 46.6 Å². The summed E-state index contributed by atoms with van der Waals surface area (Å²) in [5.41, 5.74) is 0. The first-order chi connectivity index (χ1) is 4.18. The van der Waals surface area contributed by atoms with Crippen molar-refractivity contribution in [2.24, 2.45) is 0 Å². The molecule has 0 radical (unpaired) electrons. The van der Waals surface area contributed by atoms with E-state index in [-0.39, 0.29) is 24.8 Å². The van der Waals surface area contributed by atoms with Crippen molar-refractivity contribution in [3.8, 4) is 0 Å². The van der Waals surface area contributed by atoms with Crippen LogP contribution in [0.25, 0.3) is 0 Å². The summed E-state index contributed by atoms with van der Waals surface area (Å²) in [6.07, 6.45) is 0. The van der Waals surface area contributed by atoms with Gasteiger partial charge >= 0.3 is 5.97 Å². The zero-order chi connectivity index (χ0) is 6.85. The monoisotopic (exact) mass is 129 g/mol. The molecule has 1 rings (SSSR count). The lowest BCUT2D eigenvalue weighted by molar-refractivity contribution is -0.203. The van der Waals surface area contributed by atoms with E-state index < -0.39 is 0 Å². The molecule has 0 aliphatic carbocycles. The van der Waals surface area contributed by atoms with Gasteiger partial charge in [0, 0.05) is 6.92 Å². The first kappa shape index (κ1) is 6.22. The van der Waals surface area contributed by atoms with Gasteiger partial charge in [-0.25, -0.2) is 0 Å². The van der Waals surface area contributed by atoms with Crippen LogP contribution >= 0.6 is 0 Å². The summed E-state index contributed by atoms with van der Waals surface area (Å²) < 4.78 is 0. The van der Waals surface area contributed by atoms with Crippen molar-refractivity contribution in [1.82, 2.24) is 5.06 Å². The van der Waals surface area contributed by atoms with Crippen LogP contribution in [0.2, 0.25) is 0 Å². The second-order valence-electron chi connectivity index (χ2n) is 1.92. The normalized spacial score (nSPS) is 19.0. The van der Waals surface area contributed by atoms with Crippen LogP contribution in [0.4, 0.5) is 0 Å². The van der Waals surface area contributed by atoms with Crippen LogP contribution in [0.5, 0.6) is 0 Å². The second-order valence-corrected chi connectivity index (χ2v) is 1.92. The van der Waals surface area contributed by atoms with Gasteiger partial charge in [0.25, 0.3) is 0 Å². The van der Waals surface area contributed by atoms with Crippen molar-refractivity contribution in [2.45, 2.75) is 6.92 Å². The van der Waals surface area contributed by atoms with E-state index in [2.05, 4.69) is 4.84 Å². The highest BCUT2D eigenvalue weighted by Gasteiger charge is 2.25. The summed E-state index contributed by atoms with van der Waals surface area (Å²) in [6.45, 7) is 1.81. The SMILES string of the molecule is CC(=O)ON1CC(=O)C1. The molecule has 0 aromatic carbocycles. The molecule has 4 heteroatoms. The summed E-state index contributed by atoms with van der Waals surface area (Å²) in [4.78, 5) is 25.0. The number of nitrogens with zero attached hydrogens (tertiary/aromatic N) is 1. The lowest BCUT2D eigenvalue weighted by atomic mass is 10.3. The summed E-state index contributed by atoms with van der Waals surface area (Å²) in [5.74, 6) is -0.265. The number of hydroxylamine groups is 2. The van der Waals surface area contributed by atoms with Crippen LogP contribution in [0.15, 0.2) is 0 Å². The number of carbonyl (C=O) groups is 2. The van der Waals surface area contributed by atoms with Crippen molar-refractivity contribution < 1.29 is 14.4 Å². The van der Waals surface area contributed by atoms with E-state index in [1.807, 2.05) is 0 Å². The summed E-state index contributed by atoms with van der Waals surface area (Å²) in [6, 6.07) is 0. The van der Waals surface area contributed by atoms with E-state index in [0.717, 1.165) is 0 Å². The van der Waals surface area contributed by atoms with Crippen molar-refractivity contribution in [2.75, 3.05) is 13.1 Å². The van der Waals surface area contributed by atoms with Crippen molar-refractivity contribution in [1.29, 1.82) is 0 Å². The predicted octanol–water partition coefficient (Wildman–Crippen LogP) is -0.651. The largest absolute Gasteiger partial charge is 0.367 e. The van der Waals surface area contributed by atoms with E-state index in [1.165, 1.54) is 12.0 Å². The second kappa shape index (κ2) is 2.14. The Hall–Kier alpha value is -0.900. The third kappa shape index (κ3) is 1.50. The maximum Gasteiger partial charge on any atom is 0.322 e. The van der Waals surface area contributed by atoms with E-state index in [1.54, 1.807) is 0 Å². The highest BCUT2D eigenvalue weighted by molar-refractivity contribution is 5.87. The van der Waals surface area contributed by atoms with E-state index in [9.17, 15) is 9.59 Å². The first-order valence-electron chi connectivity index (χ1n) is 2.63. The third-order valence-electron chi connectivity index (χ3n) is 0.963. The number of Topliss-reactive ketones (excluding diaryl/α,β-unsaturated/α-hetero) is 1. The molecule has 0 atom stereocenters. The van der Waals surface area contributed by atoms with Gasteiger partial charge in [-0.05, 0) is 0 Å². The molecular formula is C5H7NO3. The lowest BCUT2D eigenvalue weighted by Gasteiger charge is -2.26. The standard InChI is InChI=1S/C5H7NO3/c1-4(7)9-6-2-5(8)3-6/h2-3H2,1H3. The van der Waals surface area contributed by atoms with Gasteiger partial charge in [-0.3, -0.25) is 9.59 Å². The Labute approximate surface area is 52.3 Å². The highest BCUT2D eigenvalue weighted by atomic mass is 16.7. The molecule has 1 aliphatic rings. The fraction of sp³-hybridized carbons (Fsp3) is 0.600. The number of ketones is 1. The van der Waals surface area contributed by atoms with Crippen LogP contribution in [0.1, 0.15) is 6.92 Å². The Morgan fingerprint density at radius 3 is 2.56 bits per heavy atom. The molecule has 1 aliphatic heterocycles. The molecule has 0 unspecified atom stereocenters. The van der Waals surface area contributed by atoms with Gasteiger partial charge in [-0.15, -0.1) is 5.06 Å². The Morgan fingerprint density at radius 2 is 2.22 bits per heavy atom. The third-order valence-corrected chi connectivity index (χ3v) is 0.963. The van der Waals surface area contributed by atoms with Crippen molar-refractivity contribution >= 4 is 11.8 Å². The average Bonchev–Trinajstić information content (AvgIpc) is 1.60. The summed E-state index contributed by atoms with van der Waals surface area (Å²) in [5, 5.41) is 1.32. The molecule has 0 amide bonds. The molecule has 0 spiro atoms. The Bertz CT molecular complexity index is 146. The van der Waals surface area contributed by atoms with Crippen molar-refractivity contribution in [3.63, 3.8) is 0 Å². The molecule has 1 saturated heterocycles. The Balaban J connectivity index is 2.18. The molecule has 0 aromatic rings. The molecule has 50 valence electrons. The molecule has 0 aromatic heterocycles. The molecule has 0 saturated carbocycles. The smallest absolute Gasteiger partial charge is 0.322 e. The quantitative estimate of drug-likeness (QED) is 0.472. The van der Waals surface area contributed by atoms with Gasteiger partial charge in [-0.1, -0.05) is 0 Å². The van der Waals surface area contributed by atoms with Crippen molar-refractivity contribution in [3.05, 3.63) is 0 Å². The van der Waals surface area contributed by atoms with Gasteiger partial charge in [0.2, 0.25) is 0 Å². The van der Waals surface area contributed by atoms with Gasteiger partial charge in [0.05, 0.1) is 13.1 Å². The molecular weight excluding hydrogens is 122 g/mol. The molecule has 0 N–H and O–H groups in total. The maximum absolute atomic E-state index is 10.3. The van der Waals surface area contributed by atoms with Crippen LogP contribution in [0, 0.1) is 0 Å². The van der Waals surface area contributed by atoms with Crippen LogP contribution in [-0.2, 0) is 14.4 Å². The van der Waals surface area contributed by atoms with Gasteiger partial charge in [0.15, 0.2) is 5.78 Å². The minimum Gasteiger partial charge on any atom is -0.367 e. The summed E-state index contributed by atoms with van der Waals surface area (Å²) in [7, 11) is 0. The maximum atomic E-state index is 10.3. The van der Waals surface area contributed by atoms with E-state index in [0.29, 0.717) is 0 Å². The zero-order valence-electron chi connectivity index (χ0n) is 5.09. The van der Waals surface area contributed by atoms with Gasteiger partial charge < -0.3 is 4.84 Å². The first-order valence-corrected chi connectivity index (χ1v) is 2.63. The van der Waals surface area contributed by atoms with Crippen LogP contribution in [0.3, 0.4) is 0 Å². The molecule has 0 bridgehead atoms. The highest BCUT2D eigenvalue weighted by Crippen LogP contribution is 2.01. The van der Waals surface area contributed by atoms with Crippen LogP contribution < -0.4 is 0 Å². The number of rotatable bonds is 1. The minimum atomic E-state index is -0.373. The predicted molar refractivity (Wildman–Crippen MR) is 28.3 cm³/mol. The average molecular weight is 129 g/mol. The Kier molecular flexibility index (Phi) is 1.48. The fourth-order valence-electron chi connectivity index (χ4n) is 0.593. The lowest BCUT2D eigenvalue weighted by Crippen LogP contribution is -2.47. The zero-order valence-corrected chi connectivity index (χ0v) is 5.09. The molecule has 1 fully saturated rings. The fourth-order valence-corrected chi connectivity index (χ4v) is 0.593. The minimum absolute atomic E-state index is 0.108. The number of hydrogen-bond acceptors (Lipinski definition) is 4. The number of hydrogen-bond donors (Lipinski definition) is 0. The van der Waals surface area contributed by atoms with E-state index >= 15 is 0 Å². The van der Waals surface area contributed by atoms with Gasteiger partial charge in [0.1, 0.15) is 0 Å². The number of carbonyl (C=O) groups excluding carboxylic acids is 2. The summed E-state index contributed by atoms with van der Waals surface area (Å²) >= 11 is 0. The molecule has 1 heterocycles. The molecule has 4 nitrogen and oxygen atoms in total.